The summed E-state index contributed by atoms with van der Waals surface area (Å²) in [6.45, 7) is 5.70. The lowest BCUT2D eigenvalue weighted by molar-refractivity contribution is -0.128. The van der Waals surface area contributed by atoms with Crippen molar-refractivity contribution in [3.8, 4) is 0 Å². The monoisotopic (exact) mass is 497 g/mol. The van der Waals surface area contributed by atoms with E-state index in [1.54, 1.807) is 42.5 Å². The van der Waals surface area contributed by atoms with Gasteiger partial charge in [0.05, 0.1) is 5.92 Å². The zero-order valence-electron chi connectivity index (χ0n) is 19.9. The highest BCUT2D eigenvalue weighted by Crippen LogP contribution is 2.26. The van der Waals surface area contributed by atoms with Crippen molar-refractivity contribution in [2.45, 2.75) is 18.9 Å². The van der Waals surface area contributed by atoms with Gasteiger partial charge in [0, 0.05) is 10.6 Å². The molecule has 0 aliphatic rings. The Kier molecular flexibility index (Phi) is 9.55. The molecule has 0 heterocycles. The van der Waals surface area contributed by atoms with Crippen molar-refractivity contribution in [1.82, 2.24) is 10.6 Å². The lowest BCUT2D eigenvalue weighted by Gasteiger charge is -2.23. The van der Waals surface area contributed by atoms with Crippen LogP contribution in [-0.4, -0.2) is 17.6 Å². The first-order chi connectivity index (χ1) is 17.4. The van der Waals surface area contributed by atoms with E-state index < -0.39 is 17.9 Å². The molecule has 0 saturated heterocycles. The van der Waals surface area contributed by atoms with Gasteiger partial charge in [0.25, 0.3) is 5.91 Å². The molecule has 3 aromatic rings. The molecular formula is C30H28ClN3O2. The second kappa shape index (κ2) is 13.0. The van der Waals surface area contributed by atoms with Crippen LogP contribution in [0.4, 0.5) is 0 Å². The Morgan fingerprint density at radius 2 is 1.39 bits per heavy atom. The molecule has 0 aliphatic heterocycles. The molecule has 1 unspecified atom stereocenters. The van der Waals surface area contributed by atoms with Gasteiger partial charge in [0.1, 0.15) is 11.9 Å². The third-order valence-electron chi connectivity index (χ3n) is 5.45. The molecule has 3 N–H and O–H groups in total. The van der Waals surface area contributed by atoms with E-state index in [-0.39, 0.29) is 11.7 Å². The molecule has 1 atom stereocenters. The van der Waals surface area contributed by atoms with Gasteiger partial charge in [-0.1, -0.05) is 115 Å². The van der Waals surface area contributed by atoms with Gasteiger partial charge in [0.15, 0.2) is 0 Å². The number of hydrogen-bond acceptors (Lipinski definition) is 3. The molecule has 0 fully saturated rings. The largest absolute Gasteiger partial charge is 0.340 e. The van der Waals surface area contributed by atoms with Crippen LogP contribution in [0.25, 0.3) is 0 Å². The molecule has 36 heavy (non-hydrogen) atoms. The Labute approximate surface area is 216 Å². The number of halogens is 1. The average molecular weight is 498 g/mol. The average Bonchev–Trinajstić information content (AvgIpc) is 2.89. The van der Waals surface area contributed by atoms with Crippen LogP contribution in [0.15, 0.2) is 121 Å². The normalized spacial score (nSPS) is 12.0. The van der Waals surface area contributed by atoms with Crippen LogP contribution in [0.5, 0.6) is 0 Å². The molecular weight excluding hydrogens is 470 g/mol. The summed E-state index contributed by atoms with van der Waals surface area (Å²) < 4.78 is 0. The number of benzene rings is 3. The first kappa shape index (κ1) is 26.4. The van der Waals surface area contributed by atoms with E-state index >= 15 is 0 Å². The summed E-state index contributed by atoms with van der Waals surface area (Å²) >= 11 is 6.05. The van der Waals surface area contributed by atoms with Gasteiger partial charge in [-0.2, -0.15) is 0 Å². The van der Waals surface area contributed by atoms with Crippen LogP contribution in [-0.2, 0) is 9.59 Å². The van der Waals surface area contributed by atoms with E-state index in [0.29, 0.717) is 16.2 Å². The number of rotatable bonds is 9. The molecule has 2 amide bonds. The molecule has 0 saturated carbocycles. The first-order valence-electron chi connectivity index (χ1n) is 11.4. The highest BCUT2D eigenvalue weighted by Gasteiger charge is 2.29. The van der Waals surface area contributed by atoms with Gasteiger partial charge in [-0.3, -0.25) is 15.0 Å². The Morgan fingerprint density at radius 3 is 1.92 bits per heavy atom. The van der Waals surface area contributed by atoms with Crippen LogP contribution < -0.4 is 10.6 Å². The predicted molar refractivity (Wildman–Crippen MR) is 146 cm³/mol. The summed E-state index contributed by atoms with van der Waals surface area (Å²) in [5.74, 6) is -1.69. The molecule has 0 aliphatic carbocycles. The second-order valence-corrected chi connectivity index (χ2v) is 8.46. The maximum absolute atomic E-state index is 13.7. The van der Waals surface area contributed by atoms with Gasteiger partial charge < -0.3 is 10.6 Å². The summed E-state index contributed by atoms with van der Waals surface area (Å²) in [4.78, 5) is 27.0. The van der Waals surface area contributed by atoms with E-state index in [4.69, 9.17) is 17.0 Å². The number of carbonyl (C=O) groups excluding carboxylic acids is 2. The van der Waals surface area contributed by atoms with Crippen LogP contribution in [0.3, 0.4) is 0 Å². The predicted octanol–water partition coefficient (Wildman–Crippen LogP) is 6.11. The number of carbonyl (C=O) groups is 2. The van der Waals surface area contributed by atoms with Crippen molar-refractivity contribution < 1.29 is 9.59 Å². The van der Waals surface area contributed by atoms with Gasteiger partial charge in [-0.25, -0.2) is 0 Å². The Hall–Kier alpha value is -4.22. The van der Waals surface area contributed by atoms with E-state index in [2.05, 4.69) is 17.2 Å². The van der Waals surface area contributed by atoms with Crippen molar-refractivity contribution in [2.24, 2.45) is 0 Å². The third kappa shape index (κ3) is 7.14. The smallest absolute Gasteiger partial charge is 0.252 e. The molecule has 182 valence electrons. The van der Waals surface area contributed by atoms with E-state index in [9.17, 15) is 9.59 Å². The van der Waals surface area contributed by atoms with Crippen LogP contribution in [0, 0.1) is 5.41 Å². The fourth-order valence-electron chi connectivity index (χ4n) is 3.61. The summed E-state index contributed by atoms with van der Waals surface area (Å²) in [5.41, 5.74) is 2.46. The number of nitrogens with one attached hydrogen (secondary N) is 3. The summed E-state index contributed by atoms with van der Waals surface area (Å²) in [5, 5.41) is 14.2. The van der Waals surface area contributed by atoms with E-state index in [1.165, 1.54) is 0 Å². The van der Waals surface area contributed by atoms with Gasteiger partial charge in [-0.05, 0) is 35.7 Å². The first-order valence-corrected chi connectivity index (χ1v) is 11.8. The summed E-state index contributed by atoms with van der Waals surface area (Å²) in [7, 11) is 0. The van der Waals surface area contributed by atoms with Crippen LogP contribution in [0.1, 0.15) is 35.6 Å². The maximum Gasteiger partial charge on any atom is 0.252 e. The Balaban J connectivity index is 1.91. The summed E-state index contributed by atoms with van der Waals surface area (Å²) in [6, 6.07) is 24.4. The van der Waals surface area contributed by atoms with E-state index in [0.717, 1.165) is 11.1 Å². The van der Waals surface area contributed by atoms with Crippen LogP contribution in [0.2, 0.25) is 5.02 Å². The zero-order valence-corrected chi connectivity index (χ0v) is 20.7. The number of amides is 2. The zero-order chi connectivity index (χ0) is 25.9. The van der Waals surface area contributed by atoms with Gasteiger partial charge in [0.2, 0.25) is 5.91 Å². The van der Waals surface area contributed by atoms with Crippen LogP contribution >= 0.6 is 11.6 Å². The second-order valence-electron chi connectivity index (χ2n) is 8.02. The molecule has 3 rings (SSSR count). The van der Waals surface area contributed by atoms with Crippen molar-refractivity contribution in [1.29, 1.82) is 5.41 Å². The topological polar surface area (TPSA) is 82.1 Å². The molecule has 0 aromatic heterocycles. The summed E-state index contributed by atoms with van der Waals surface area (Å²) in [6.07, 6.45) is 6.99. The number of allylic oxidation sites excluding steroid dienone is 3. The van der Waals surface area contributed by atoms with Gasteiger partial charge >= 0.3 is 0 Å². The molecule has 3 aromatic carbocycles. The quantitative estimate of drug-likeness (QED) is 0.189. The number of hydrogen-bond donors (Lipinski definition) is 3. The van der Waals surface area contributed by atoms with Crippen molar-refractivity contribution in [3.05, 3.63) is 143 Å². The minimum absolute atomic E-state index is 0.156. The SMILES string of the molecule is C=C(/C=C\C=C/C)C(=N)NC(=O)C(NC(=O)C(c1ccccc1)c1ccccc1)c1ccc(Cl)cc1. The fourth-order valence-corrected chi connectivity index (χ4v) is 3.74. The molecule has 0 bridgehead atoms. The molecule has 6 heteroatoms. The highest BCUT2D eigenvalue weighted by molar-refractivity contribution is 6.30. The standard InChI is InChI=1S/C30H28ClN3O2/c1-3-4-7-12-21(2)28(32)34-30(36)27(24-17-19-25(31)20-18-24)33-29(35)26(22-13-8-5-9-14-22)23-15-10-6-11-16-23/h3-20,26-27H,2H2,1H3,(H,33,35)(H2,32,34,36)/b4-3-,12-7-. The van der Waals surface area contributed by atoms with Crippen molar-refractivity contribution in [2.75, 3.05) is 0 Å². The third-order valence-corrected chi connectivity index (χ3v) is 5.70. The van der Waals surface area contributed by atoms with Crippen molar-refractivity contribution in [3.63, 3.8) is 0 Å². The highest BCUT2D eigenvalue weighted by atomic mass is 35.5. The Bertz CT molecular complexity index is 1230. The maximum atomic E-state index is 13.7. The van der Waals surface area contributed by atoms with Crippen molar-refractivity contribution >= 4 is 29.3 Å². The minimum Gasteiger partial charge on any atom is -0.340 e. The lowest BCUT2D eigenvalue weighted by Crippen LogP contribution is -2.44. The number of amidine groups is 1. The Morgan fingerprint density at radius 1 is 0.833 bits per heavy atom. The molecule has 0 spiro atoms. The van der Waals surface area contributed by atoms with E-state index in [1.807, 2.05) is 73.7 Å². The lowest BCUT2D eigenvalue weighted by atomic mass is 9.90. The van der Waals surface area contributed by atoms with Gasteiger partial charge in [-0.15, -0.1) is 0 Å². The fraction of sp³-hybridized carbons (Fsp3) is 0.100. The minimum atomic E-state index is -1.06. The molecule has 5 nitrogen and oxygen atoms in total. The molecule has 0 radical (unpaired) electrons.